The SMILES string of the molecule is COc1cc2c(cc1OCC1CCN(C)CC1)N=CN(COC(=O)C(C)(C)C)C2. The predicted molar refractivity (Wildman–Crippen MR) is 113 cm³/mol. The number of fused-ring (bicyclic) bond motifs is 1. The minimum Gasteiger partial charge on any atom is -0.493 e. The highest BCUT2D eigenvalue weighted by molar-refractivity contribution is 5.75. The normalized spacial score (nSPS) is 17.8. The molecule has 7 nitrogen and oxygen atoms in total. The number of carbonyl (C=O) groups excluding carboxylic acids is 1. The second kappa shape index (κ2) is 9.03. The van der Waals surface area contributed by atoms with E-state index in [0.29, 0.717) is 24.8 Å². The molecule has 0 atom stereocenters. The van der Waals surface area contributed by atoms with Crippen LogP contribution in [0.4, 0.5) is 5.69 Å². The average Bonchev–Trinajstić information content (AvgIpc) is 2.70. The zero-order valence-electron chi connectivity index (χ0n) is 18.2. The number of likely N-dealkylation sites (tertiary alicyclic amines) is 1. The first-order chi connectivity index (χ1) is 13.8. The van der Waals surface area contributed by atoms with Crippen LogP contribution in [0.5, 0.6) is 11.5 Å². The molecular formula is C22H33N3O4. The fraction of sp³-hybridized carbons (Fsp3) is 0.636. The number of hydrogen-bond donors (Lipinski definition) is 0. The minimum absolute atomic E-state index is 0.176. The molecular weight excluding hydrogens is 370 g/mol. The van der Waals surface area contributed by atoms with E-state index in [4.69, 9.17) is 14.2 Å². The lowest BCUT2D eigenvalue weighted by atomic mass is 9.98. The van der Waals surface area contributed by atoms with Gasteiger partial charge in [-0.1, -0.05) is 0 Å². The van der Waals surface area contributed by atoms with Crippen LogP contribution in [0.1, 0.15) is 39.2 Å². The number of benzene rings is 1. The maximum Gasteiger partial charge on any atom is 0.312 e. The Morgan fingerprint density at radius 2 is 1.93 bits per heavy atom. The number of methoxy groups -OCH3 is 1. The van der Waals surface area contributed by atoms with Crippen molar-refractivity contribution in [1.29, 1.82) is 0 Å². The molecule has 2 aliphatic rings. The first-order valence-electron chi connectivity index (χ1n) is 10.2. The van der Waals surface area contributed by atoms with E-state index < -0.39 is 5.41 Å². The van der Waals surface area contributed by atoms with Crippen LogP contribution in [-0.4, -0.2) is 62.7 Å². The van der Waals surface area contributed by atoms with Crippen molar-refractivity contribution >= 4 is 18.0 Å². The van der Waals surface area contributed by atoms with Crippen LogP contribution < -0.4 is 9.47 Å². The lowest BCUT2D eigenvalue weighted by Crippen LogP contribution is -2.32. The van der Waals surface area contributed by atoms with E-state index in [9.17, 15) is 4.79 Å². The van der Waals surface area contributed by atoms with Gasteiger partial charge < -0.3 is 24.0 Å². The van der Waals surface area contributed by atoms with Crippen molar-refractivity contribution in [2.45, 2.75) is 40.2 Å². The van der Waals surface area contributed by atoms with Crippen molar-refractivity contribution in [3.8, 4) is 11.5 Å². The molecule has 0 unspecified atom stereocenters. The molecule has 3 rings (SSSR count). The van der Waals surface area contributed by atoms with Gasteiger partial charge in [0, 0.05) is 18.2 Å². The van der Waals surface area contributed by atoms with Crippen LogP contribution >= 0.6 is 0 Å². The Bertz CT molecular complexity index is 749. The monoisotopic (exact) mass is 403 g/mol. The number of nitrogens with zero attached hydrogens (tertiary/aromatic N) is 3. The third-order valence-electron chi connectivity index (χ3n) is 5.38. The standard InChI is InChI=1S/C22H33N3O4/c1-22(2,3)21(26)29-15-25-12-17-10-19(27-5)20(11-18(17)23-14-25)28-13-16-6-8-24(4)9-7-16/h10-11,14,16H,6-9,12-13,15H2,1-5H3. The number of esters is 1. The number of ether oxygens (including phenoxy) is 3. The quantitative estimate of drug-likeness (QED) is 0.678. The lowest BCUT2D eigenvalue weighted by molar-refractivity contribution is -0.156. The maximum atomic E-state index is 12.0. The predicted octanol–water partition coefficient (Wildman–Crippen LogP) is 3.44. The molecule has 7 heteroatoms. The Morgan fingerprint density at radius 3 is 2.59 bits per heavy atom. The molecule has 0 spiro atoms. The summed E-state index contributed by atoms with van der Waals surface area (Å²) in [6.07, 6.45) is 4.03. The number of piperidine rings is 1. The van der Waals surface area contributed by atoms with Crippen molar-refractivity contribution in [1.82, 2.24) is 9.80 Å². The molecule has 160 valence electrons. The fourth-order valence-corrected chi connectivity index (χ4v) is 3.39. The Morgan fingerprint density at radius 1 is 1.21 bits per heavy atom. The Balaban J connectivity index is 1.61. The summed E-state index contributed by atoms with van der Waals surface area (Å²) in [4.78, 5) is 20.7. The fourth-order valence-electron chi connectivity index (χ4n) is 3.39. The first-order valence-corrected chi connectivity index (χ1v) is 10.2. The second-order valence-electron chi connectivity index (χ2n) is 8.99. The van der Waals surface area contributed by atoms with Crippen molar-refractivity contribution < 1.29 is 19.0 Å². The highest BCUT2D eigenvalue weighted by atomic mass is 16.5. The van der Waals surface area contributed by atoms with E-state index in [-0.39, 0.29) is 12.7 Å². The van der Waals surface area contributed by atoms with Crippen molar-refractivity contribution in [2.75, 3.05) is 40.6 Å². The second-order valence-corrected chi connectivity index (χ2v) is 8.99. The van der Waals surface area contributed by atoms with Gasteiger partial charge >= 0.3 is 5.97 Å². The Labute approximate surface area is 173 Å². The van der Waals surface area contributed by atoms with Gasteiger partial charge in [-0.05, 0) is 65.7 Å². The van der Waals surface area contributed by atoms with E-state index in [1.165, 1.54) is 0 Å². The molecule has 1 aromatic rings. The van der Waals surface area contributed by atoms with Gasteiger partial charge in [-0.25, -0.2) is 4.99 Å². The molecule has 1 fully saturated rings. The van der Waals surface area contributed by atoms with Gasteiger partial charge in [0.1, 0.15) is 0 Å². The van der Waals surface area contributed by atoms with Gasteiger partial charge in [0.2, 0.25) is 0 Å². The van der Waals surface area contributed by atoms with Crippen LogP contribution in [0, 0.1) is 11.3 Å². The topological polar surface area (TPSA) is 63.6 Å². The third kappa shape index (κ3) is 5.63. The molecule has 2 aliphatic heterocycles. The molecule has 1 saturated heterocycles. The Hall–Kier alpha value is -2.28. The number of carbonyl (C=O) groups is 1. The summed E-state index contributed by atoms with van der Waals surface area (Å²) >= 11 is 0. The smallest absolute Gasteiger partial charge is 0.312 e. The van der Waals surface area contributed by atoms with Crippen LogP contribution in [0.15, 0.2) is 17.1 Å². The van der Waals surface area contributed by atoms with E-state index in [0.717, 1.165) is 42.9 Å². The molecule has 0 radical (unpaired) electrons. The minimum atomic E-state index is -0.520. The number of rotatable bonds is 6. The molecule has 0 N–H and O–H groups in total. The number of aliphatic imine (C=N–C) groups is 1. The van der Waals surface area contributed by atoms with E-state index >= 15 is 0 Å². The molecule has 29 heavy (non-hydrogen) atoms. The van der Waals surface area contributed by atoms with Crippen LogP contribution in [0.2, 0.25) is 0 Å². The van der Waals surface area contributed by atoms with Gasteiger partial charge in [0.05, 0.1) is 31.2 Å². The van der Waals surface area contributed by atoms with Gasteiger partial charge in [-0.3, -0.25) is 4.79 Å². The molecule has 1 aromatic carbocycles. The Kier molecular flexibility index (Phi) is 6.67. The zero-order valence-corrected chi connectivity index (χ0v) is 18.2. The van der Waals surface area contributed by atoms with Gasteiger partial charge in [-0.2, -0.15) is 0 Å². The molecule has 2 heterocycles. The molecule has 0 aromatic heterocycles. The van der Waals surface area contributed by atoms with E-state index in [1.807, 2.05) is 37.8 Å². The summed E-state index contributed by atoms with van der Waals surface area (Å²) in [5.74, 6) is 1.78. The zero-order chi connectivity index (χ0) is 21.0. The highest BCUT2D eigenvalue weighted by Gasteiger charge is 2.25. The van der Waals surface area contributed by atoms with E-state index in [2.05, 4.69) is 16.9 Å². The third-order valence-corrected chi connectivity index (χ3v) is 5.38. The van der Waals surface area contributed by atoms with Crippen molar-refractivity contribution in [3.63, 3.8) is 0 Å². The van der Waals surface area contributed by atoms with Gasteiger partial charge in [-0.15, -0.1) is 0 Å². The summed E-state index contributed by atoms with van der Waals surface area (Å²) in [7, 11) is 3.81. The van der Waals surface area contributed by atoms with Crippen LogP contribution in [-0.2, 0) is 16.1 Å². The summed E-state index contributed by atoms with van der Waals surface area (Å²) in [5.41, 5.74) is 1.36. The molecule has 0 bridgehead atoms. The largest absolute Gasteiger partial charge is 0.493 e. The van der Waals surface area contributed by atoms with Crippen molar-refractivity contribution in [3.05, 3.63) is 17.7 Å². The van der Waals surface area contributed by atoms with Gasteiger partial charge in [0.25, 0.3) is 0 Å². The summed E-state index contributed by atoms with van der Waals surface area (Å²) < 4.78 is 17.1. The maximum absolute atomic E-state index is 12.0. The van der Waals surface area contributed by atoms with Gasteiger partial charge in [0.15, 0.2) is 18.2 Å². The summed E-state index contributed by atoms with van der Waals surface area (Å²) in [6.45, 7) is 9.23. The molecule has 0 amide bonds. The molecule has 0 saturated carbocycles. The lowest BCUT2D eigenvalue weighted by Gasteiger charge is -2.29. The summed E-state index contributed by atoms with van der Waals surface area (Å²) in [6, 6.07) is 3.91. The average molecular weight is 404 g/mol. The van der Waals surface area contributed by atoms with Crippen LogP contribution in [0.25, 0.3) is 0 Å². The highest BCUT2D eigenvalue weighted by Crippen LogP contribution is 2.37. The summed E-state index contributed by atoms with van der Waals surface area (Å²) in [5, 5.41) is 0. The number of hydrogen-bond acceptors (Lipinski definition) is 7. The van der Waals surface area contributed by atoms with Crippen molar-refractivity contribution in [2.24, 2.45) is 16.3 Å². The molecule has 0 aliphatic carbocycles. The van der Waals surface area contributed by atoms with Crippen LogP contribution in [0.3, 0.4) is 0 Å². The first kappa shape index (κ1) is 21.4. The van der Waals surface area contributed by atoms with E-state index in [1.54, 1.807) is 13.4 Å².